The van der Waals surface area contributed by atoms with Crippen molar-refractivity contribution in [1.82, 2.24) is 4.90 Å². The second-order valence-electron chi connectivity index (χ2n) is 5.15. The van der Waals surface area contributed by atoms with E-state index in [1.807, 2.05) is 0 Å². The molecule has 19 heavy (non-hydrogen) atoms. The molecule has 0 spiro atoms. The Hall–Kier alpha value is -1.07. The minimum absolute atomic E-state index is 0.0209. The second-order valence-corrected chi connectivity index (χ2v) is 6.06. The zero-order chi connectivity index (χ0) is 14.0. The summed E-state index contributed by atoms with van der Waals surface area (Å²) in [5, 5.41) is 9.81. The van der Waals surface area contributed by atoms with E-state index in [-0.39, 0.29) is 23.7 Å². The van der Waals surface area contributed by atoms with Crippen molar-refractivity contribution >= 4 is 21.8 Å². The number of carbonyl (C=O) groups is 1. The molecule has 1 aliphatic rings. The molecule has 1 fully saturated rings. The molecule has 1 aromatic carbocycles. The van der Waals surface area contributed by atoms with E-state index in [2.05, 4.69) is 15.9 Å². The van der Waals surface area contributed by atoms with Crippen molar-refractivity contribution in [2.75, 3.05) is 7.05 Å². The summed E-state index contributed by atoms with van der Waals surface area (Å²) in [7, 11) is 1.80. The number of nitrogens with zero attached hydrogens (tertiary/aromatic N) is 1. The van der Waals surface area contributed by atoms with Crippen molar-refractivity contribution in [2.24, 2.45) is 5.73 Å². The molecule has 5 heteroatoms. The van der Waals surface area contributed by atoms with Gasteiger partial charge in [0.2, 0.25) is 0 Å². The van der Waals surface area contributed by atoms with Gasteiger partial charge in [0, 0.05) is 23.6 Å². The molecule has 104 valence electrons. The summed E-state index contributed by atoms with van der Waals surface area (Å²) >= 11 is 3.32. The molecule has 0 aromatic heterocycles. The Morgan fingerprint density at radius 2 is 2.00 bits per heavy atom. The molecule has 4 nitrogen and oxygen atoms in total. The van der Waals surface area contributed by atoms with Crippen LogP contribution in [0.5, 0.6) is 5.75 Å². The van der Waals surface area contributed by atoms with Gasteiger partial charge in [-0.25, -0.2) is 0 Å². The molecular formula is C14H19BrN2O2. The average molecular weight is 327 g/mol. The molecule has 0 saturated heterocycles. The molecule has 0 bridgehead atoms. The van der Waals surface area contributed by atoms with Crippen LogP contribution < -0.4 is 5.73 Å². The van der Waals surface area contributed by atoms with Gasteiger partial charge in [0.05, 0.1) is 5.56 Å². The number of hydrogen-bond donors (Lipinski definition) is 2. The highest BCUT2D eigenvalue weighted by Gasteiger charge is 2.26. The fraction of sp³-hybridized carbons (Fsp3) is 0.500. The van der Waals surface area contributed by atoms with Crippen LogP contribution in [-0.4, -0.2) is 35.0 Å². The molecule has 2 rings (SSSR count). The first-order valence-electron chi connectivity index (χ1n) is 6.50. The minimum Gasteiger partial charge on any atom is -0.507 e. The maximum atomic E-state index is 12.4. The Labute approximate surface area is 121 Å². The monoisotopic (exact) mass is 326 g/mol. The number of hydrogen-bond acceptors (Lipinski definition) is 3. The summed E-state index contributed by atoms with van der Waals surface area (Å²) in [6.07, 6.45) is 3.76. The molecule has 1 aliphatic carbocycles. The van der Waals surface area contributed by atoms with E-state index in [0.717, 1.165) is 30.2 Å². The molecule has 0 atom stereocenters. The number of rotatable bonds is 2. The molecule has 0 aliphatic heterocycles. The Kier molecular flexibility index (Phi) is 4.47. The van der Waals surface area contributed by atoms with Gasteiger partial charge in [-0.1, -0.05) is 15.9 Å². The third kappa shape index (κ3) is 3.28. The van der Waals surface area contributed by atoms with Crippen LogP contribution in [0.4, 0.5) is 0 Å². The van der Waals surface area contributed by atoms with Gasteiger partial charge in [0.15, 0.2) is 0 Å². The van der Waals surface area contributed by atoms with Gasteiger partial charge in [-0.05, 0) is 43.9 Å². The van der Waals surface area contributed by atoms with Gasteiger partial charge in [0.25, 0.3) is 5.91 Å². The van der Waals surface area contributed by atoms with Crippen LogP contribution in [0.1, 0.15) is 36.0 Å². The van der Waals surface area contributed by atoms with Crippen molar-refractivity contribution in [3.05, 3.63) is 28.2 Å². The maximum Gasteiger partial charge on any atom is 0.257 e. The zero-order valence-electron chi connectivity index (χ0n) is 11.0. The lowest BCUT2D eigenvalue weighted by molar-refractivity contribution is 0.0687. The SMILES string of the molecule is CN(C(=O)c1cc(Br)ccc1O)C1CCC(N)CC1. The summed E-state index contributed by atoms with van der Waals surface area (Å²) in [6.45, 7) is 0. The lowest BCUT2D eigenvalue weighted by atomic mass is 9.90. The van der Waals surface area contributed by atoms with Crippen molar-refractivity contribution in [3.8, 4) is 5.75 Å². The third-order valence-corrected chi connectivity index (χ3v) is 4.29. The maximum absolute atomic E-state index is 12.4. The highest BCUT2D eigenvalue weighted by molar-refractivity contribution is 9.10. The van der Waals surface area contributed by atoms with Gasteiger partial charge in [0.1, 0.15) is 5.75 Å². The molecular weight excluding hydrogens is 308 g/mol. The Balaban J connectivity index is 2.12. The van der Waals surface area contributed by atoms with Crippen LogP contribution >= 0.6 is 15.9 Å². The molecule has 0 radical (unpaired) electrons. The number of phenols is 1. The number of aromatic hydroxyl groups is 1. The number of amides is 1. The number of nitrogens with two attached hydrogens (primary N) is 1. The summed E-state index contributed by atoms with van der Waals surface area (Å²) in [4.78, 5) is 14.1. The predicted octanol–water partition coefficient (Wildman–Crippen LogP) is 2.50. The largest absolute Gasteiger partial charge is 0.507 e. The van der Waals surface area contributed by atoms with Crippen LogP contribution in [0, 0.1) is 0 Å². The first kappa shape index (κ1) is 14.3. The van der Waals surface area contributed by atoms with Crippen LogP contribution in [0.15, 0.2) is 22.7 Å². The fourth-order valence-electron chi connectivity index (χ4n) is 2.52. The quantitative estimate of drug-likeness (QED) is 0.877. The molecule has 0 heterocycles. The van der Waals surface area contributed by atoms with Crippen LogP contribution in [0.3, 0.4) is 0 Å². The first-order valence-corrected chi connectivity index (χ1v) is 7.29. The number of carbonyl (C=O) groups excluding carboxylic acids is 1. The van der Waals surface area contributed by atoms with Crippen molar-refractivity contribution < 1.29 is 9.90 Å². The predicted molar refractivity (Wildman–Crippen MR) is 78.1 cm³/mol. The van der Waals surface area contributed by atoms with Crippen LogP contribution in [0.25, 0.3) is 0 Å². The average Bonchev–Trinajstić information content (AvgIpc) is 2.41. The summed E-state index contributed by atoms with van der Waals surface area (Å²) < 4.78 is 0.785. The molecule has 1 amide bonds. The van der Waals surface area contributed by atoms with Gasteiger partial charge >= 0.3 is 0 Å². The third-order valence-electron chi connectivity index (χ3n) is 3.80. The first-order chi connectivity index (χ1) is 8.99. The minimum atomic E-state index is -0.140. The van der Waals surface area contributed by atoms with E-state index in [4.69, 9.17) is 5.73 Å². The van der Waals surface area contributed by atoms with Crippen molar-refractivity contribution in [2.45, 2.75) is 37.8 Å². The summed E-state index contributed by atoms with van der Waals surface area (Å²) in [5.41, 5.74) is 6.22. The Morgan fingerprint density at radius 1 is 1.37 bits per heavy atom. The normalized spacial score (nSPS) is 23.1. The lowest BCUT2D eigenvalue weighted by Gasteiger charge is -2.33. The lowest BCUT2D eigenvalue weighted by Crippen LogP contribution is -2.41. The van der Waals surface area contributed by atoms with Crippen LogP contribution in [-0.2, 0) is 0 Å². The van der Waals surface area contributed by atoms with E-state index >= 15 is 0 Å². The molecule has 0 unspecified atom stereocenters. The van der Waals surface area contributed by atoms with E-state index in [0.29, 0.717) is 5.56 Å². The van der Waals surface area contributed by atoms with Gasteiger partial charge in [-0.3, -0.25) is 4.79 Å². The number of phenolic OH excluding ortho intramolecular Hbond substituents is 1. The number of benzene rings is 1. The molecule has 1 aromatic rings. The van der Waals surface area contributed by atoms with Crippen molar-refractivity contribution in [3.63, 3.8) is 0 Å². The van der Waals surface area contributed by atoms with E-state index in [1.54, 1.807) is 24.1 Å². The van der Waals surface area contributed by atoms with Gasteiger partial charge < -0.3 is 15.7 Å². The second kappa shape index (κ2) is 5.92. The smallest absolute Gasteiger partial charge is 0.257 e. The summed E-state index contributed by atoms with van der Waals surface area (Å²) in [5.74, 6) is -0.119. The molecule has 1 saturated carbocycles. The van der Waals surface area contributed by atoms with Crippen molar-refractivity contribution in [1.29, 1.82) is 0 Å². The van der Waals surface area contributed by atoms with Gasteiger partial charge in [-0.2, -0.15) is 0 Å². The van der Waals surface area contributed by atoms with Gasteiger partial charge in [-0.15, -0.1) is 0 Å². The topological polar surface area (TPSA) is 66.6 Å². The van der Waals surface area contributed by atoms with E-state index < -0.39 is 0 Å². The molecule has 3 N–H and O–H groups in total. The fourth-order valence-corrected chi connectivity index (χ4v) is 2.89. The van der Waals surface area contributed by atoms with Crippen LogP contribution in [0.2, 0.25) is 0 Å². The standard InChI is InChI=1S/C14H19BrN2O2/c1-17(11-5-3-10(16)4-6-11)14(19)12-8-9(15)2-7-13(12)18/h2,7-8,10-11,18H,3-6,16H2,1H3. The Morgan fingerprint density at radius 3 is 2.63 bits per heavy atom. The highest BCUT2D eigenvalue weighted by atomic mass is 79.9. The number of halogens is 1. The Bertz CT molecular complexity index is 471. The van der Waals surface area contributed by atoms with E-state index in [9.17, 15) is 9.90 Å². The zero-order valence-corrected chi connectivity index (χ0v) is 12.6. The van der Waals surface area contributed by atoms with E-state index in [1.165, 1.54) is 6.07 Å². The highest BCUT2D eigenvalue weighted by Crippen LogP contribution is 2.26. The summed E-state index contributed by atoms with van der Waals surface area (Å²) in [6, 6.07) is 5.38.